The lowest BCUT2D eigenvalue weighted by Gasteiger charge is -2.21. The number of amides is 2. The molecule has 0 spiro atoms. The number of para-hydroxylation sites is 1. The molecule has 0 aromatic heterocycles. The molecule has 4 heteroatoms. The van der Waals surface area contributed by atoms with Crippen LogP contribution in [0.2, 0.25) is 0 Å². The molecule has 3 N–H and O–H groups in total. The van der Waals surface area contributed by atoms with Crippen molar-refractivity contribution in [2.45, 2.75) is 25.7 Å². The molecule has 1 aromatic carbocycles. The largest absolute Gasteiger partial charge is 0.366 e. The van der Waals surface area contributed by atoms with E-state index in [9.17, 15) is 9.59 Å². The van der Waals surface area contributed by atoms with Crippen LogP contribution in [0.5, 0.6) is 0 Å². The van der Waals surface area contributed by atoms with E-state index in [2.05, 4.69) is 5.32 Å². The van der Waals surface area contributed by atoms with Crippen molar-refractivity contribution in [1.82, 2.24) is 0 Å². The number of anilines is 1. The van der Waals surface area contributed by atoms with Crippen molar-refractivity contribution < 1.29 is 9.59 Å². The highest BCUT2D eigenvalue weighted by molar-refractivity contribution is 6.03. The van der Waals surface area contributed by atoms with Crippen LogP contribution >= 0.6 is 0 Å². The van der Waals surface area contributed by atoms with E-state index in [1.807, 2.05) is 0 Å². The molecule has 2 amide bonds. The highest BCUT2D eigenvalue weighted by atomic mass is 16.2. The Labute approximate surface area is 112 Å². The summed E-state index contributed by atoms with van der Waals surface area (Å²) >= 11 is 0. The second-order valence-corrected chi connectivity index (χ2v) is 5.68. The van der Waals surface area contributed by atoms with Crippen LogP contribution in [0.15, 0.2) is 24.3 Å². The summed E-state index contributed by atoms with van der Waals surface area (Å²) in [4.78, 5) is 23.6. The van der Waals surface area contributed by atoms with E-state index in [0.717, 1.165) is 12.3 Å². The quantitative estimate of drug-likeness (QED) is 0.872. The van der Waals surface area contributed by atoms with Crippen LogP contribution in [0.1, 0.15) is 36.0 Å². The third kappa shape index (κ3) is 2.23. The Morgan fingerprint density at radius 2 is 1.95 bits per heavy atom. The highest BCUT2D eigenvalue weighted by Crippen LogP contribution is 2.48. The number of benzene rings is 1. The number of fused-ring (bicyclic) bond motifs is 2. The van der Waals surface area contributed by atoms with Crippen LogP contribution < -0.4 is 11.1 Å². The predicted molar refractivity (Wildman–Crippen MR) is 72.5 cm³/mol. The van der Waals surface area contributed by atoms with Crippen LogP contribution in [0.3, 0.4) is 0 Å². The fraction of sp³-hybridized carbons (Fsp3) is 0.467. The van der Waals surface area contributed by atoms with Gasteiger partial charge in [-0.1, -0.05) is 18.6 Å². The fourth-order valence-electron chi connectivity index (χ4n) is 3.60. The number of carbonyl (C=O) groups is 2. The van der Waals surface area contributed by atoms with Gasteiger partial charge in [-0.2, -0.15) is 0 Å². The van der Waals surface area contributed by atoms with Gasteiger partial charge in [-0.25, -0.2) is 0 Å². The lowest BCUT2D eigenvalue weighted by Crippen LogP contribution is -2.28. The first-order valence-corrected chi connectivity index (χ1v) is 6.85. The van der Waals surface area contributed by atoms with Gasteiger partial charge < -0.3 is 11.1 Å². The minimum absolute atomic E-state index is 0.0425. The Balaban J connectivity index is 1.75. The molecule has 2 aliphatic rings. The molecule has 0 heterocycles. The first kappa shape index (κ1) is 12.2. The minimum Gasteiger partial charge on any atom is -0.366 e. The molecule has 2 aliphatic carbocycles. The molecule has 0 radical (unpaired) electrons. The van der Waals surface area contributed by atoms with Gasteiger partial charge in [0, 0.05) is 5.92 Å². The van der Waals surface area contributed by atoms with Crippen molar-refractivity contribution >= 4 is 17.5 Å². The van der Waals surface area contributed by atoms with E-state index >= 15 is 0 Å². The van der Waals surface area contributed by atoms with Crippen molar-refractivity contribution in [3.05, 3.63) is 29.8 Å². The standard InChI is InChI=1S/C15H18N2O2/c16-14(18)11-3-1-2-4-13(11)17-15(19)12-8-9-5-6-10(12)7-9/h1-4,9-10,12H,5-8H2,(H2,16,18)(H,17,19). The maximum atomic E-state index is 12.3. The van der Waals surface area contributed by atoms with Crippen molar-refractivity contribution in [3.63, 3.8) is 0 Å². The number of nitrogens with one attached hydrogen (secondary N) is 1. The zero-order valence-electron chi connectivity index (χ0n) is 10.8. The third-order valence-electron chi connectivity index (χ3n) is 4.53. The summed E-state index contributed by atoms with van der Waals surface area (Å²) in [7, 11) is 0. The predicted octanol–water partition coefficient (Wildman–Crippen LogP) is 2.16. The van der Waals surface area contributed by atoms with Gasteiger partial charge in [0.1, 0.15) is 0 Å². The Hall–Kier alpha value is -1.84. The number of nitrogens with two attached hydrogens (primary N) is 1. The molecular weight excluding hydrogens is 240 g/mol. The minimum atomic E-state index is -0.510. The first-order valence-electron chi connectivity index (χ1n) is 6.85. The van der Waals surface area contributed by atoms with Crippen molar-refractivity contribution in [2.24, 2.45) is 23.5 Å². The summed E-state index contributed by atoms with van der Waals surface area (Å²) in [6, 6.07) is 6.90. The second-order valence-electron chi connectivity index (χ2n) is 5.68. The number of rotatable bonds is 3. The molecule has 2 fully saturated rings. The Morgan fingerprint density at radius 1 is 1.16 bits per heavy atom. The lowest BCUT2D eigenvalue weighted by atomic mass is 9.88. The van der Waals surface area contributed by atoms with E-state index < -0.39 is 5.91 Å². The van der Waals surface area contributed by atoms with Gasteiger partial charge >= 0.3 is 0 Å². The zero-order chi connectivity index (χ0) is 13.4. The number of primary amides is 1. The molecule has 2 saturated carbocycles. The topological polar surface area (TPSA) is 72.2 Å². The zero-order valence-corrected chi connectivity index (χ0v) is 10.8. The maximum Gasteiger partial charge on any atom is 0.250 e. The summed E-state index contributed by atoms with van der Waals surface area (Å²) in [5.74, 6) is 0.905. The normalized spacial score (nSPS) is 28.3. The van der Waals surface area contributed by atoms with Gasteiger partial charge in [-0.3, -0.25) is 9.59 Å². The highest BCUT2D eigenvalue weighted by Gasteiger charge is 2.43. The van der Waals surface area contributed by atoms with Crippen LogP contribution in [0.25, 0.3) is 0 Å². The first-order chi connectivity index (χ1) is 9.15. The molecule has 4 nitrogen and oxygen atoms in total. The molecule has 3 atom stereocenters. The summed E-state index contributed by atoms with van der Waals surface area (Å²) in [5.41, 5.74) is 6.22. The van der Waals surface area contributed by atoms with Gasteiger partial charge in [0.25, 0.3) is 5.91 Å². The van der Waals surface area contributed by atoms with E-state index in [1.54, 1.807) is 24.3 Å². The Bertz CT molecular complexity index is 527. The molecule has 3 rings (SSSR count). The van der Waals surface area contributed by atoms with E-state index in [0.29, 0.717) is 17.2 Å². The fourth-order valence-corrected chi connectivity index (χ4v) is 3.60. The summed E-state index contributed by atoms with van der Waals surface area (Å²) in [6.45, 7) is 0. The van der Waals surface area contributed by atoms with Gasteiger partial charge in [0.2, 0.25) is 5.91 Å². The summed E-state index contributed by atoms with van der Waals surface area (Å²) in [6.07, 6.45) is 4.62. The maximum absolute atomic E-state index is 12.3. The van der Waals surface area contributed by atoms with Crippen LogP contribution in [-0.4, -0.2) is 11.8 Å². The summed E-state index contributed by atoms with van der Waals surface area (Å²) < 4.78 is 0. The average Bonchev–Trinajstić information content (AvgIpc) is 3.01. The SMILES string of the molecule is NC(=O)c1ccccc1NC(=O)C1CC2CCC1C2. The second kappa shape index (κ2) is 4.68. The van der Waals surface area contributed by atoms with Gasteiger partial charge in [0.05, 0.1) is 11.3 Å². The van der Waals surface area contributed by atoms with Crippen LogP contribution in [-0.2, 0) is 4.79 Å². The summed E-state index contributed by atoms with van der Waals surface area (Å²) in [5, 5.41) is 2.88. The van der Waals surface area contributed by atoms with Gasteiger partial charge in [-0.15, -0.1) is 0 Å². The molecule has 100 valence electrons. The Kier molecular flexibility index (Phi) is 3.01. The molecule has 0 saturated heterocycles. The number of hydrogen-bond acceptors (Lipinski definition) is 2. The monoisotopic (exact) mass is 258 g/mol. The molecule has 0 aliphatic heterocycles. The van der Waals surface area contributed by atoms with Crippen LogP contribution in [0, 0.1) is 17.8 Å². The van der Waals surface area contributed by atoms with Crippen molar-refractivity contribution in [3.8, 4) is 0 Å². The average molecular weight is 258 g/mol. The van der Waals surface area contributed by atoms with Gasteiger partial charge in [-0.05, 0) is 43.2 Å². The smallest absolute Gasteiger partial charge is 0.250 e. The van der Waals surface area contributed by atoms with Gasteiger partial charge in [0.15, 0.2) is 0 Å². The number of hydrogen-bond donors (Lipinski definition) is 2. The molecule has 3 unspecified atom stereocenters. The van der Waals surface area contributed by atoms with E-state index in [1.165, 1.54) is 19.3 Å². The number of carbonyl (C=O) groups excluding carboxylic acids is 2. The van der Waals surface area contributed by atoms with E-state index in [-0.39, 0.29) is 11.8 Å². The van der Waals surface area contributed by atoms with Crippen molar-refractivity contribution in [1.29, 1.82) is 0 Å². The molecule has 2 bridgehead atoms. The van der Waals surface area contributed by atoms with Crippen molar-refractivity contribution in [2.75, 3.05) is 5.32 Å². The third-order valence-corrected chi connectivity index (χ3v) is 4.53. The van der Waals surface area contributed by atoms with E-state index in [4.69, 9.17) is 5.73 Å². The molecular formula is C15H18N2O2. The lowest BCUT2D eigenvalue weighted by molar-refractivity contribution is -0.121. The molecule has 1 aromatic rings. The molecule has 19 heavy (non-hydrogen) atoms. The Morgan fingerprint density at radius 3 is 2.58 bits per heavy atom. The van der Waals surface area contributed by atoms with Crippen LogP contribution in [0.4, 0.5) is 5.69 Å².